The lowest BCUT2D eigenvalue weighted by Crippen LogP contribution is -2.59. The molecule has 2 aromatic rings. The number of nitrogens with one attached hydrogen (secondary N) is 2. The van der Waals surface area contributed by atoms with E-state index in [1.54, 1.807) is 18.2 Å². The van der Waals surface area contributed by atoms with Crippen molar-refractivity contribution in [3.8, 4) is 0 Å². The lowest BCUT2D eigenvalue weighted by atomic mass is 9.80. The number of amides is 2. The Morgan fingerprint density at radius 2 is 1.83 bits per heavy atom. The van der Waals surface area contributed by atoms with Crippen molar-refractivity contribution >= 4 is 35.0 Å². The van der Waals surface area contributed by atoms with Gasteiger partial charge in [0, 0.05) is 35.0 Å². The molecule has 2 aliphatic heterocycles. The van der Waals surface area contributed by atoms with Crippen LogP contribution in [0.25, 0.3) is 0 Å². The van der Waals surface area contributed by atoms with Gasteiger partial charge in [-0.3, -0.25) is 14.9 Å². The van der Waals surface area contributed by atoms with Gasteiger partial charge in [0.1, 0.15) is 6.04 Å². The van der Waals surface area contributed by atoms with Crippen molar-refractivity contribution in [2.24, 2.45) is 5.41 Å². The van der Waals surface area contributed by atoms with Gasteiger partial charge in [-0.1, -0.05) is 56.1 Å². The molecule has 8 heteroatoms. The first-order chi connectivity index (χ1) is 16.9. The van der Waals surface area contributed by atoms with Crippen LogP contribution in [0.4, 0.5) is 0 Å². The van der Waals surface area contributed by atoms with Crippen molar-refractivity contribution in [2.75, 3.05) is 13.2 Å². The molecule has 2 fully saturated rings. The monoisotopic (exact) mass is 531 g/mol. The summed E-state index contributed by atoms with van der Waals surface area (Å²) >= 11 is 12.6. The van der Waals surface area contributed by atoms with Crippen LogP contribution >= 0.6 is 23.2 Å². The minimum absolute atomic E-state index is 0.0248. The zero-order chi connectivity index (χ0) is 26.3. The first-order valence-electron chi connectivity index (χ1n) is 12.5. The maximum absolute atomic E-state index is 14.1. The van der Waals surface area contributed by atoms with Crippen molar-refractivity contribution in [1.29, 1.82) is 0 Å². The lowest BCUT2D eigenvalue weighted by Gasteiger charge is -2.49. The number of halogens is 2. The standard InChI is InChI=1S/C28H35Cl2N3O3/c1-6-31-25(34)19-9-7-18(8-10-19)17(2)33-26(35)24(20-13-21(29)15-22(30)14-20)32-28(33)11-12-36-23(16-28)27(3,4)5/h7-10,13-15,17,23-24,32H,6,11-12,16H2,1-5H3,(H,31,34)/t17-,23?,24?,28?/m1/s1. The lowest BCUT2D eigenvalue weighted by molar-refractivity contribution is -0.146. The average Bonchev–Trinajstić information content (AvgIpc) is 3.09. The highest BCUT2D eigenvalue weighted by molar-refractivity contribution is 6.34. The van der Waals surface area contributed by atoms with E-state index in [1.165, 1.54) is 0 Å². The quantitative estimate of drug-likeness (QED) is 0.503. The summed E-state index contributed by atoms with van der Waals surface area (Å²) in [6.45, 7) is 11.5. The molecule has 1 spiro atoms. The van der Waals surface area contributed by atoms with Crippen molar-refractivity contribution < 1.29 is 14.3 Å². The summed E-state index contributed by atoms with van der Waals surface area (Å²) < 4.78 is 6.18. The Labute approximate surface area is 223 Å². The number of hydrogen-bond acceptors (Lipinski definition) is 4. The first-order valence-corrected chi connectivity index (χ1v) is 13.3. The summed E-state index contributed by atoms with van der Waals surface area (Å²) in [6.07, 6.45) is 1.30. The van der Waals surface area contributed by atoms with Crippen LogP contribution in [0.15, 0.2) is 42.5 Å². The fourth-order valence-electron chi connectivity index (χ4n) is 5.35. The van der Waals surface area contributed by atoms with Crippen molar-refractivity contribution in [2.45, 2.75) is 71.3 Å². The summed E-state index contributed by atoms with van der Waals surface area (Å²) in [6, 6.07) is 12.0. The van der Waals surface area contributed by atoms with Crippen LogP contribution < -0.4 is 10.6 Å². The van der Waals surface area contributed by atoms with Gasteiger partial charge in [-0.15, -0.1) is 0 Å². The van der Waals surface area contributed by atoms with E-state index >= 15 is 0 Å². The topological polar surface area (TPSA) is 70.7 Å². The molecule has 0 aromatic heterocycles. The second-order valence-electron chi connectivity index (χ2n) is 10.9. The Morgan fingerprint density at radius 3 is 2.42 bits per heavy atom. The van der Waals surface area contributed by atoms with Crippen LogP contribution in [0.1, 0.15) is 81.0 Å². The van der Waals surface area contributed by atoms with E-state index in [2.05, 4.69) is 31.4 Å². The van der Waals surface area contributed by atoms with Gasteiger partial charge in [0.25, 0.3) is 5.91 Å². The summed E-state index contributed by atoms with van der Waals surface area (Å²) in [5.74, 6) is -0.134. The normalized spacial score (nSPS) is 25.3. The molecule has 4 atom stereocenters. The van der Waals surface area contributed by atoms with Crippen LogP contribution in [-0.2, 0) is 9.53 Å². The minimum Gasteiger partial charge on any atom is -0.377 e. The van der Waals surface area contributed by atoms with Crippen molar-refractivity contribution in [3.63, 3.8) is 0 Å². The third-order valence-electron chi connectivity index (χ3n) is 7.28. The number of nitrogens with zero attached hydrogens (tertiary/aromatic N) is 1. The summed E-state index contributed by atoms with van der Waals surface area (Å²) in [7, 11) is 0. The van der Waals surface area contributed by atoms with E-state index in [4.69, 9.17) is 27.9 Å². The highest BCUT2D eigenvalue weighted by atomic mass is 35.5. The molecule has 0 radical (unpaired) electrons. The zero-order valence-electron chi connectivity index (χ0n) is 21.5. The molecule has 0 saturated carbocycles. The zero-order valence-corrected chi connectivity index (χ0v) is 23.0. The Hall–Kier alpha value is -2.12. The molecule has 2 aromatic carbocycles. The smallest absolute Gasteiger partial charge is 0.251 e. The number of ether oxygens (including phenoxy) is 1. The number of hydrogen-bond donors (Lipinski definition) is 2. The fraction of sp³-hybridized carbons (Fsp3) is 0.500. The van der Waals surface area contributed by atoms with Crippen molar-refractivity contribution in [1.82, 2.24) is 15.5 Å². The molecule has 2 aliphatic rings. The van der Waals surface area contributed by atoms with Gasteiger partial charge in [-0.2, -0.15) is 0 Å². The highest BCUT2D eigenvalue weighted by Gasteiger charge is 2.56. The van der Waals surface area contributed by atoms with Crippen LogP contribution in [-0.4, -0.2) is 41.6 Å². The van der Waals surface area contributed by atoms with Crippen molar-refractivity contribution in [3.05, 3.63) is 69.2 Å². The van der Waals surface area contributed by atoms with Crippen LogP contribution in [0.5, 0.6) is 0 Å². The average molecular weight is 533 g/mol. The van der Waals surface area contributed by atoms with Gasteiger partial charge in [0.2, 0.25) is 5.91 Å². The summed E-state index contributed by atoms with van der Waals surface area (Å²) in [4.78, 5) is 28.3. The molecule has 4 rings (SSSR count). The van der Waals surface area contributed by atoms with E-state index in [0.717, 1.165) is 11.1 Å². The summed E-state index contributed by atoms with van der Waals surface area (Å²) in [5.41, 5.74) is 1.63. The van der Waals surface area contributed by atoms with Gasteiger partial charge in [0.05, 0.1) is 24.4 Å². The third kappa shape index (κ3) is 5.28. The predicted octanol–water partition coefficient (Wildman–Crippen LogP) is 5.90. The molecular formula is C28H35Cl2N3O3. The molecule has 0 aliphatic carbocycles. The van der Waals surface area contributed by atoms with E-state index in [0.29, 0.717) is 41.6 Å². The minimum atomic E-state index is -0.593. The third-order valence-corrected chi connectivity index (χ3v) is 7.72. The van der Waals surface area contributed by atoms with Gasteiger partial charge in [0.15, 0.2) is 0 Å². The highest BCUT2D eigenvalue weighted by Crippen LogP contribution is 2.46. The Bertz CT molecular complexity index is 1110. The maximum Gasteiger partial charge on any atom is 0.251 e. The van der Waals surface area contributed by atoms with Gasteiger partial charge in [-0.05, 0) is 60.7 Å². The molecule has 2 heterocycles. The van der Waals surface area contributed by atoms with Gasteiger partial charge < -0.3 is 15.0 Å². The molecule has 194 valence electrons. The molecule has 0 bridgehead atoms. The Morgan fingerprint density at radius 1 is 1.19 bits per heavy atom. The molecule has 2 saturated heterocycles. The second-order valence-corrected chi connectivity index (χ2v) is 11.7. The molecule has 36 heavy (non-hydrogen) atoms. The SMILES string of the molecule is CCNC(=O)c1ccc([C@@H](C)N2C(=O)C(c3cc(Cl)cc(Cl)c3)NC23CCOC(C(C)(C)C)C3)cc1. The van der Waals surface area contributed by atoms with Gasteiger partial charge in [-0.25, -0.2) is 0 Å². The number of carbonyl (C=O) groups excluding carboxylic acids is 2. The Balaban J connectivity index is 1.73. The van der Waals surface area contributed by atoms with Crippen LogP contribution in [0.3, 0.4) is 0 Å². The number of rotatable bonds is 5. The second kappa shape index (κ2) is 10.3. The van der Waals surface area contributed by atoms with E-state index in [9.17, 15) is 9.59 Å². The van der Waals surface area contributed by atoms with Crippen LogP contribution in [0, 0.1) is 5.41 Å². The molecule has 3 unspecified atom stereocenters. The Kier molecular flexibility index (Phi) is 7.73. The summed E-state index contributed by atoms with van der Waals surface area (Å²) in [5, 5.41) is 7.50. The van der Waals surface area contributed by atoms with E-state index in [-0.39, 0.29) is 29.4 Å². The molecule has 2 N–H and O–H groups in total. The van der Waals surface area contributed by atoms with E-state index in [1.807, 2.05) is 43.0 Å². The molecule has 6 nitrogen and oxygen atoms in total. The van der Waals surface area contributed by atoms with Gasteiger partial charge >= 0.3 is 0 Å². The number of benzene rings is 2. The molecule has 2 amide bonds. The predicted molar refractivity (Wildman–Crippen MR) is 143 cm³/mol. The molecular weight excluding hydrogens is 497 g/mol. The van der Waals surface area contributed by atoms with Crippen LogP contribution in [0.2, 0.25) is 10.0 Å². The fourth-order valence-corrected chi connectivity index (χ4v) is 5.89. The largest absolute Gasteiger partial charge is 0.377 e. The van der Waals surface area contributed by atoms with E-state index < -0.39 is 11.7 Å². The first kappa shape index (κ1) is 26.9. The number of carbonyl (C=O) groups is 2. The maximum atomic E-state index is 14.1.